The number of benzene rings is 1. The number of carboxylic acids is 1. The Labute approximate surface area is 156 Å². The first kappa shape index (κ1) is 18.4. The molecule has 1 aliphatic rings. The van der Waals surface area contributed by atoms with Crippen LogP contribution in [0.3, 0.4) is 0 Å². The van der Waals surface area contributed by atoms with Crippen LogP contribution in [-0.4, -0.2) is 38.3 Å². The number of aliphatic carboxylic acids is 1. The van der Waals surface area contributed by atoms with Crippen LogP contribution < -0.4 is 5.32 Å². The molecule has 1 aromatic heterocycles. The second-order valence-electron chi connectivity index (χ2n) is 6.39. The summed E-state index contributed by atoms with van der Waals surface area (Å²) in [5.41, 5.74) is 0.719. The third-order valence-corrected chi connectivity index (χ3v) is 4.53. The molecular weight excluding hydrogens is 356 g/mol. The van der Waals surface area contributed by atoms with Gasteiger partial charge in [0.25, 0.3) is 5.91 Å². The van der Waals surface area contributed by atoms with Gasteiger partial charge >= 0.3 is 5.97 Å². The first-order valence-corrected chi connectivity index (χ1v) is 9.16. The summed E-state index contributed by atoms with van der Waals surface area (Å²) in [6, 6.07) is 7.35. The lowest BCUT2D eigenvalue weighted by Crippen LogP contribution is -2.25. The number of carboxylic acid groups (broad SMARTS) is 1. The van der Waals surface area contributed by atoms with E-state index in [9.17, 15) is 9.59 Å². The number of unbranched alkanes of at least 4 members (excludes halogenated alkanes) is 2. The van der Waals surface area contributed by atoms with E-state index in [1.807, 2.05) is 18.2 Å². The molecule has 2 aromatic rings. The van der Waals surface area contributed by atoms with Gasteiger partial charge in [-0.25, -0.2) is 9.67 Å². The Morgan fingerprint density at radius 1 is 1.23 bits per heavy atom. The lowest BCUT2D eigenvalue weighted by molar-refractivity contribution is -0.137. The zero-order chi connectivity index (χ0) is 18.5. The highest BCUT2D eigenvalue weighted by molar-refractivity contribution is 6.32. The Bertz CT molecular complexity index is 801. The highest BCUT2D eigenvalue weighted by Gasteiger charge is 2.31. The molecule has 0 unspecified atom stereocenters. The van der Waals surface area contributed by atoms with E-state index >= 15 is 0 Å². The highest BCUT2D eigenvalue weighted by atomic mass is 35.5. The van der Waals surface area contributed by atoms with E-state index in [0.717, 1.165) is 37.2 Å². The topological polar surface area (TPSA) is 97.1 Å². The fourth-order valence-electron chi connectivity index (χ4n) is 2.69. The van der Waals surface area contributed by atoms with Crippen LogP contribution in [0.25, 0.3) is 5.69 Å². The average Bonchev–Trinajstić information content (AvgIpc) is 3.37. The molecule has 7 nitrogen and oxygen atoms in total. The SMILES string of the molecule is O=C(O)CCCCCNC(=O)c1nc(C2CC2)n(-c2ccccc2Cl)n1. The molecule has 8 heteroatoms. The molecule has 138 valence electrons. The number of para-hydroxylation sites is 1. The molecule has 1 aromatic carbocycles. The maximum absolute atomic E-state index is 12.3. The van der Waals surface area contributed by atoms with Crippen LogP contribution >= 0.6 is 11.6 Å². The molecule has 1 heterocycles. The van der Waals surface area contributed by atoms with E-state index in [1.54, 1.807) is 10.7 Å². The van der Waals surface area contributed by atoms with Crippen LogP contribution in [0.5, 0.6) is 0 Å². The number of hydrogen-bond donors (Lipinski definition) is 2. The summed E-state index contributed by atoms with van der Waals surface area (Å²) in [6.07, 6.45) is 4.31. The maximum atomic E-state index is 12.3. The average molecular weight is 377 g/mol. The van der Waals surface area contributed by atoms with Crippen molar-refractivity contribution in [3.63, 3.8) is 0 Å². The Kier molecular flexibility index (Phi) is 5.88. The van der Waals surface area contributed by atoms with Gasteiger partial charge in [0.1, 0.15) is 5.82 Å². The Hall–Kier alpha value is -2.41. The van der Waals surface area contributed by atoms with E-state index in [-0.39, 0.29) is 18.2 Å². The lowest BCUT2D eigenvalue weighted by Gasteiger charge is -2.06. The maximum Gasteiger partial charge on any atom is 0.303 e. The van der Waals surface area contributed by atoms with E-state index in [1.165, 1.54) is 0 Å². The Morgan fingerprint density at radius 3 is 2.69 bits per heavy atom. The van der Waals surface area contributed by atoms with Crippen molar-refractivity contribution in [2.45, 2.75) is 44.4 Å². The molecule has 1 fully saturated rings. The van der Waals surface area contributed by atoms with E-state index in [0.29, 0.717) is 23.9 Å². The number of aromatic nitrogens is 3. The molecule has 0 spiro atoms. The molecule has 0 radical (unpaired) electrons. The molecule has 3 rings (SSSR count). The monoisotopic (exact) mass is 376 g/mol. The van der Waals surface area contributed by atoms with Gasteiger partial charge in [0.05, 0.1) is 10.7 Å². The molecule has 0 bridgehead atoms. The smallest absolute Gasteiger partial charge is 0.303 e. The quantitative estimate of drug-likeness (QED) is 0.655. The summed E-state index contributed by atoms with van der Waals surface area (Å²) in [5.74, 6) is 0.102. The van der Waals surface area contributed by atoms with Crippen LogP contribution in [0, 0.1) is 0 Å². The van der Waals surface area contributed by atoms with Crippen molar-refractivity contribution < 1.29 is 14.7 Å². The van der Waals surface area contributed by atoms with E-state index < -0.39 is 5.97 Å². The molecule has 26 heavy (non-hydrogen) atoms. The minimum absolute atomic E-state index is 0.136. The van der Waals surface area contributed by atoms with Crippen molar-refractivity contribution >= 4 is 23.5 Å². The predicted octanol–water partition coefficient (Wildman–Crippen LogP) is 3.17. The Balaban J connectivity index is 1.63. The molecule has 0 aliphatic heterocycles. The molecule has 0 saturated heterocycles. The molecule has 1 amide bonds. The van der Waals surface area contributed by atoms with Gasteiger partial charge in [0, 0.05) is 18.9 Å². The minimum Gasteiger partial charge on any atom is -0.481 e. The standard InChI is InChI=1S/C18H21ClN4O3/c19-13-6-3-4-7-14(13)23-17(12-9-10-12)21-16(22-23)18(26)20-11-5-1-2-8-15(24)25/h3-4,6-7,12H,1-2,5,8-11H2,(H,20,26)(H,24,25). The summed E-state index contributed by atoms with van der Waals surface area (Å²) in [4.78, 5) is 27.2. The van der Waals surface area contributed by atoms with Gasteiger partial charge in [-0.1, -0.05) is 30.2 Å². The van der Waals surface area contributed by atoms with Crippen molar-refractivity contribution in [1.82, 2.24) is 20.1 Å². The van der Waals surface area contributed by atoms with Crippen molar-refractivity contribution in [2.75, 3.05) is 6.54 Å². The normalized spacial score (nSPS) is 13.6. The van der Waals surface area contributed by atoms with Crippen molar-refractivity contribution in [2.24, 2.45) is 0 Å². The fraction of sp³-hybridized carbons (Fsp3) is 0.444. The van der Waals surface area contributed by atoms with Crippen LogP contribution in [-0.2, 0) is 4.79 Å². The molecule has 0 atom stereocenters. The van der Waals surface area contributed by atoms with Crippen molar-refractivity contribution in [3.05, 3.63) is 40.9 Å². The van der Waals surface area contributed by atoms with Gasteiger partial charge in [0.15, 0.2) is 0 Å². The molecular formula is C18H21ClN4O3. The number of halogens is 1. The van der Waals surface area contributed by atoms with Crippen LogP contribution in [0.1, 0.15) is 60.9 Å². The first-order chi connectivity index (χ1) is 12.6. The van der Waals surface area contributed by atoms with Crippen LogP contribution in [0.4, 0.5) is 0 Å². The predicted molar refractivity (Wildman–Crippen MR) is 96.8 cm³/mol. The van der Waals surface area contributed by atoms with Crippen molar-refractivity contribution in [1.29, 1.82) is 0 Å². The van der Waals surface area contributed by atoms with Crippen LogP contribution in [0.2, 0.25) is 5.02 Å². The second-order valence-corrected chi connectivity index (χ2v) is 6.80. The number of hydrogen-bond acceptors (Lipinski definition) is 4. The first-order valence-electron chi connectivity index (χ1n) is 8.78. The lowest BCUT2D eigenvalue weighted by atomic mass is 10.2. The number of carbonyl (C=O) groups is 2. The largest absolute Gasteiger partial charge is 0.481 e. The summed E-state index contributed by atoms with van der Waals surface area (Å²) in [5, 5.41) is 16.3. The number of nitrogens with one attached hydrogen (secondary N) is 1. The number of carbonyl (C=O) groups excluding carboxylic acids is 1. The fourth-order valence-corrected chi connectivity index (χ4v) is 2.90. The summed E-state index contributed by atoms with van der Waals surface area (Å²) in [7, 11) is 0. The summed E-state index contributed by atoms with van der Waals surface area (Å²) in [6.45, 7) is 0.470. The highest BCUT2D eigenvalue weighted by Crippen LogP contribution is 2.40. The zero-order valence-corrected chi connectivity index (χ0v) is 15.1. The number of nitrogens with zero attached hydrogens (tertiary/aromatic N) is 3. The third-order valence-electron chi connectivity index (χ3n) is 4.21. The minimum atomic E-state index is -0.795. The molecule has 1 aliphatic carbocycles. The molecule has 1 saturated carbocycles. The summed E-state index contributed by atoms with van der Waals surface area (Å²) < 4.78 is 1.67. The Morgan fingerprint density at radius 2 is 2.00 bits per heavy atom. The second kappa shape index (κ2) is 8.31. The van der Waals surface area contributed by atoms with E-state index in [2.05, 4.69) is 15.4 Å². The van der Waals surface area contributed by atoms with E-state index in [4.69, 9.17) is 16.7 Å². The summed E-state index contributed by atoms with van der Waals surface area (Å²) >= 11 is 6.27. The van der Waals surface area contributed by atoms with Gasteiger partial charge < -0.3 is 10.4 Å². The number of amides is 1. The van der Waals surface area contributed by atoms with Gasteiger partial charge in [-0.2, -0.15) is 0 Å². The van der Waals surface area contributed by atoms with Gasteiger partial charge in [-0.05, 0) is 37.8 Å². The van der Waals surface area contributed by atoms with Gasteiger partial charge in [-0.15, -0.1) is 5.10 Å². The number of rotatable bonds is 9. The van der Waals surface area contributed by atoms with Crippen molar-refractivity contribution in [3.8, 4) is 5.69 Å². The zero-order valence-electron chi connectivity index (χ0n) is 14.3. The van der Waals surface area contributed by atoms with Gasteiger partial charge in [0.2, 0.25) is 5.82 Å². The van der Waals surface area contributed by atoms with Gasteiger partial charge in [-0.3, -0.25) is 9.59 Å². The van der Waals surface area contributed by atoms with Crippen LogP contribution in [0.15, 0.2) is 24.3 Å². The third kappa shape index (κ3) is 4.60. The molecule has 2 N–H and O–H groups in total.